The van der Waals surface area contributed by atoms with Gasteiger partial charge in [0.25, 0.3) is 6.02 Å². The van der Waals surface area contributed by atoms with Gasteiger partial charge in [-0.25, -0.2) is 13.8 Å². The van der Waals surface area contributed by atoms with E-state index in [1.165, 1.54) is 6.07 Å². The Kier molecular flexibility index (Phi) is 3.84. The molecule has 0 atom stereocenters. The van der Waals surface area contributed by atoms with E-state index in [0.29, 0.717) is 30.1 Å². The first-order chi connectivity index (χ1) is 13.5. The average molecular weight is 386 g/mol. The maximum absolute atomic E-state index is 14.2. The fraction of sp³-hybridized carbons (Fsp3) is 0.381. The molecule has 2 heterocycles. The molecule has 7 heteroatoms. The molecule has 0 amide bonds. The molecule has 2 spiro atoms. The molecule has 0 unspecified atom stereocenters. The summed E-state index contributed by atoms with van der Waals surface area (Å²) in [7, 11) is 0. The molecule has 2 aromatic carbocycles. The molecule has 5 nitrogen and oxygen atoms in total. The van der Waals surface area contributed by atoms with Gasteiger partial charge in [0.2, 0.25) is 0 Å². The topological polar surface area (TPSA) is 66.1 Å². The Morgan fingerprint density at radius 2 is 1.86 bits per heavy atom. The van der Waals surface area contributed by atoms with E-state index in [1.807, 2.05) is 0 Å². The highest BCUT2D eigenvalue weighted by Crippen LogP contribution is 2.50. The van der Waals surface area contributed by atoms with Crippen molar-refractivity contribution in [3.05, 3.63) is 53.6 Å². The molecule has 2 N–H and O–H groups in total. The van der Waals surface area contributed by atoms with Gasteiger partial charge in [-0.1, -0.05) is 6.07 Å². The fourth-order valence-electron chi connectivity index (χ4n) is 4.17. The maximum Gasteiger partial charge on any atom is 0.283 e. The zero-order valence-corrected chi connectivity index (χ0v) is 15.2. The summed E-state index contributed by atoms with van der Waals surface area (Å²) >= 11 is 0. The number of hydrogen-bond donors (Lipinski definition) is 1. The highest BCUT2D eigenvalue weighted by atomic mass is 19.1. The molecule has 1 saturated heterocycles. The van der Waals surface area contributed by atoms with Crippen LogP contribution in [-0.2, 0) is 16.1 Å². The monoisotopic (exact) mass is 386 g/mol. The molecule has 5 rings (SSSR count). The molecule has 0 radical (unpaired) electrons. The van der Waals surface area contributed by atoms with E-state index in [4.69, 9.17) is 19.9 Å². The highest BCUT2D eigenvalue weighted by molar-refractivity contribution is 5.73. The Labute approximate surface area is 161 Å². The summed E-state index contributed by atoms with van der Waals surface area (Å²) < 4.78 is 45.4. The van der Waals surface area contributed by atoms with Crippen LogP contribution in [0, 0.1) is 11.6 Å². The van der Waals surface area contributed by atoms with E-state index >= 15 is 0 Å². The second kappa shape index (κ2) is 6.17. The van der Waals surface area contributed by atoms with E-state index in [1.54, 1.807) is 18.2 Å². The molecule has 1 aliphatic carbocycles. The van der Waals surface area contributed by atoms with Crippen molar-refractivity contribution in [1.82, 2.24) is 0 Å². The van der Waals surface area contributed by atoms with E-state index < -0.39 is 22.8 Å². The zero-order chi connectivity index (χ0) is 19.4. The molecule has 3 aliphatic rings. The molecule has 2 aromatic rings. The number of amidine groups is 1. The van der Waals surface area contributed by atoms with Crippen LogP contribution in [0.15, 0.2) is 41.4 Å². The molecular formula is C21H20F2N2O3. The van der Waals surface area contributed by atoms with Gasteiger partial charge >= 0.3 is 0 Å². The largest absolute Gasteiger partial charge is 0.484 e. The summed E-state index contributed by atoms with van der Waals surface area (Å²) in [5.41, 5.74) is 6.44. The van der Waals surface area contributed by atoms with Gasteiger partial charge in [-0.3, -0.25) is 0 Å². The first-order valence-corrected chi connectivity index (χ1v) is 9.34. The van der Waals surface area contributed by atoms with Crippen molar-refractivity contribution in [3.8, 4) is 16.9 Å². The van der Waals surface area contributed by atoms with Gasteiger partial charge in [0.15, 0.2) is 5.54 Å². The van der Waals surface area contributed by atoms with Crippen LogP contribution in [-0.4, -0.2) is 30.4 Å². The van der Waals surface area contributed by atoms with Crippen LogP contribution in [0.1, 0.15) is 24.8 Å². The molecule has 146 valence electrons. The highest BCUT2D eigenvalue weighted by Gasteiger charge is 2.62. The Bertz CT molecular complexity index is 968. The van der Waals surface area contributed by atoms with Crippen molar-refractivity contribution in [3.63, 3.8) is 0 Å². The van der Waals surface area contributed by atoms with Crippen molar-refractivity contribution >= 4 is 6.02 Å². The molecule has 28 heavy (non-hydrogen) atoms. The van der Waals surface area contributed by atoms with Crippen molar-refractivity contribution < 1.29 is 23.0 Å². The molecule has 0 bridgehead atoms. The van der Waals surface area contributed by atoms with Crippen molar-refractivity contribution in [2.75, 3.05) is 13.2 Å². The summed E-state index contributed by atoms with van der Waals surface area (Å²) in [6, 6.07) is 8.75. The summed E-state index contributed by atoms with van der Waals surface area (Å²) in [4.78, 5) is 4.61. The Hall–Kier alpha value is -2.67. The first kappa shape index (κ1) is 17.4. The minimum Gasteiger partial charge on any atom is -0.484 e. The van der Waals surface area contributed by atoms with Gasteiger partial charge in [-0.2, -0.15) is 0 Å². The summed E-state index contributed by atoms with van der Waals surface area (Å²) in [6.45, 7) is 1.01. The van der Waals surface area contributed by atoms with Gasteiger partial charge in [-0.15, -0.1) is 0 Å². The van der Waals surface area contributed by atoms with Gasteiger partial charge in [0, 0.05) is 11.1 Å². The lowest BCUT2D eigenvalue weighted by Gasteiger charge is -2.56. The normalized spacial score (nSPS) is 21.7. The number of aliphatic imine (C=N–C) groups is 1. The van der Waals surface area contributed by atoms with E-state index in [9.17, 15) is 8.78 Å². The van der Waals surface area contributed by atoms with E-state index in [0.717, 1.165) is 31.4 Å². The third kappa shape index (κ3) is 2.57. The first-order valence-electron chi connectivity index (χ1n) is 9.34. The lowest BCUT2D eigenvalue weighted by Crippen LogP contribution is -2.70. The summed E-state index contributed by atoms with van der Waals surface area (Å²) in [5, 5.41) is 0. The second-order valence-electron chi connectivity index (χ2n) is 7.66. The van der Waals surface area contributed by atoms with Crippen LogP contribution < -0.4 is 10.5 Å². The van der Waals surface area contributed by atoms with Crippen LogP contribution in [0.4, 0.5) is 8.78 Å². The molecule has 0 aromatic heterocycles. The van der Waals surface area contributed by atoms with Crippen molar-refractivity contribution in [2.45, 2.75) is 37.0 Å². The SMILES string of the molecule is NC1=NC2(COC2)C2(CCC2)Oc2ccc(-c3cc(F)ccc3F)cc2CO1. The Morgan fingerprint density at radius 1 is 1.04 bits per heavy atom. The van der Waals surface area contributed by atoms with E-state index in [-0.39, 0.29) is 18.2 Å². The number of nitrogens with zero attached hydrogens (tertiary/aromatic N) is 1. The van der Waals surface area contributed by atoms with Crippen LogP contribution >= 0.6 is 0 Å². The molecule has 2 fully saturated rings. The number of nitrogens with two attached hydrogens (primary N) is 1. The molecular weight excluding hydrogens is 366 g/mol. The lowest BCUT2D eigenvalue weighted by molar-refractivity contribution is -0.181. The minimum absolute atomic E-state index is 0.0911. The maximum atomic E-state index is 14.2. The van der Waals surface area contributed by atoms with Gasteiger partial charge in [0.05, 0.1) is 13.2 Å². The number of benzene rings is 2. The fourth-order valence-corrected chi connectivity index (χ4v) is 4.17. The molecule has 1 saturated carbocycles. The number of halogens is 2. The summed E-state index contributed by atoms with van der Waals surface area (Å²) in [5.74, 6) is -0.339. The number of ether oxygens (including phenoxy) is 3. The van der Waals surface area contributed by atoms with Gasteiger partial charge in [0.1, 0.15) is 29.6 Å². The standard InChI is InChI=1S/C21H20F2N2O3/c22-15-3-4-17(23)16(9-15)13-2-5-18-14(8-13)10-27-19(24)25-20(11-26-12-20)21(28-18)6-1-7-21/h2-5,8-9H,1,6-7,10-12H2,(H2,24,25). The molecule has 2 aliphatic heterocycles. The number of hydrogen-bond acceptors (Lipinski definition) is 5. The van der Waals surface area contributed by atoms with Gasteiger partial charge in [-0.05, 0) is 55.2 Å². The number of fused-ring (bicyclic) bond motifs is 2. The number of rotatable bonds is 1. The predicted molar refractivity (Wildman–Crippen MR) is 99.0 cm³/mol. The zero-order valence-electron chi connectivity index (χ0n) is 15.2. The van der Waals surface area contributed by atoms with E-state index in [2.05, 4.69) is 4.99 Å². The Balaban J connectivity index is 1.58. The summed E-state index contributed by atoms with van der Waals surface area (Å²) in [6.07, 6.45) is 2.75. The third-order valence-electron chi connectivity index (χ3n) is 6.00. The smallest absolute Gasteiger partial charge is 0.283 e. The Morgan fingerprint density at radius 3 is 2.54 bits per heavy atom. The van der Waals surface area contributed by atoms with Crippen LogP contribution in [0.2, 0.25) is 0 Å². The van der Waals surface area contributed by atoms with Crippen LogP contribution in [0.5, 0.6) is 5.75 Å². The van der Waals surface area contributed by atoms with Crippen LogP contribution in [0.25, 0.3) is 11.1 Å². The van der Waals surface area contributed by atoms with Crippen molar-refractivity contribution in [1.29, 1.82) is 0 Å². The predicted octanol–water partition coefficient (Wildman–Crippen LogP) is 3.55. The quantitative estimate of drug-likeness (QED) is 0.814. The minimum atomic E-state index is -0.537. The van der Waals surface area contributed by atoms with Crippen LogP contribution in [0.3, 0.4) is 0 Å². The second-order valence-corrected chi connectivity index (χ2v) is 7.66. The lowest BCUT2D eigenvalue weighted by atomic mass is 9.65. The third-order valence-corrected chi connectivity index (χ3v) is 6.00. The van der Waals surface area contributed by atoms with Gasteiger partial charge < -0.3 is 19.9 Å². The van der Waals surface area contributed by atoms with Crippen molar-refractivity contribution in [2.24, 2.45) is 10.7 Å². The average Bonchev–Trinajstić information content (AvgIpc) is 2.67.